The van der Waals surface area contributed by atoms with Crippen LogP contribution in [0.4, 0.5) is 5.82 Å². The molecule has 0 bridgehead atoms. The largest absolute Gasteiger partial charge is 0.388 e. The van der Waals surface area contributed by atoms with Gasteiger partial charge in [-0.2, -0.15) is 0 Å². The molecule has 19 heavy (non-hydrogen) atoms. The summed E-state index contributed by atoms with van der Waals surface area (Å²) >= 11 is 5.94. The highest BCUT2D eigenvalue weighted by molar-refractivity contribution is 6.30. The number of anilines is 1. The molecule has 1 aliphatic rings. The van der Waals surface area contributed by atoms with Crippen molar-refractivity contribution in [2.45, 2.75) is 45.6 Å². The van der Waals surface area contributed by atoms with Gasteiger partial charge in [0.05, 0.1) is 11.1 Å². The minimum atomic E-state index is -0.542. The number of aromatic nitrogens is 1. The molecule has 1 heterocycles. The van der Waals surface area contributed by atoms with E-state index >= 15 is 0 Å². The van der Waals surface area contributed by atoms with Crippen molar-refractivity contribution in [3.63, 3.8) is 0 Å². The van der Waals surface area contributed by atoms with Gasteiger partial charge < -0.3 is 10.8 Å². The minimum absolute atomic E-state index is 0.276. The first-order chi connectivity index (χ1) is 8.99. The third-order valence-electron chi connectivity index (χ3n) is 4.44. The van der Waals surface area contributed by atoms with Crippen LogP contribution in [0.5, 0.6) is 0 Å². The van der Waals surface area contributed by atoms with E-state index in [1.807, 2.05) is 0 Å². The van der Waals surface area contributed by atoms with Crippen molar-refractivity contribution in [2.75, 3.05) is 5.73 Å². The Hall–Kier alpha value is -0.800. The highest BCUT2D eigenvalue weighted by Crippen LogP contribution is 2.40. The van der Waals surface area contributed by atoms with Crippen molar-refractivity contribution >= 4 is 17.4 Å². The third-order valence-corrected chi connectivity index (χ3v) is 4.65. The first-order valence-electron chi connectivity index (χ1n) is 7.08. The van der Waals surface area contributed by atoms with Crippen LogP contribution in [0.15, 0.2) is 12.3 Å². The normalized spacial score (nSPS) is 25.5. The van der Waals surface area contributed by atoms with Crippen LogP contribution in [0.1, 0.15) is 51.2 Å². The second-order valence-electron chi connectivity index (χ2n) is 5.99. The maximum absolute atomic E-state index is 10.5. The number of nitrogen functional groups attached to an aromatic ring is 1. The molecule has 1 saturated carbocycles. The van der Waals surface area contributed by atoms with E-state index in [4.69, 9.17) is 17.3 Å². The van der Waals surface area contributed by atoms with Crippen molar-refractivity contribution in [2.24, 2.45) is 17.8 Å². The van der Waals surface area contributed by atoms with Crippen molar-refractivity contribution in [1.29, 1.82) is 0 Å². The van der Waals surface area contributed by atoms with Crippen LogP contribution in [0.3, 0.4) is 0 Å². The number of nitrogens with two attached hydrogens (primary N) is 1. The fourth-order valence-electron chi connectivity index (χ4n) is 3.08. The van der Waals surface area contributed by atoms with E-state index in [9.17, 15) is 5.11 Å². The lowest BCUT2D eigenvalue weighted by Gasteiger charge is -2.33. The van der Waals surface area contributed by atoms with Gasteiger partial charge in [0, 0.05) is 11.8 Å². The van der Waals surface area contributed by atoms with Gasteiger partial charge in [0.15, 0.2) is 0 Å². The van der Waals surface area contributed by atoms with E-state index in [1.54, 1.807) is 6.07 Å². The van der Waals surface area contributed by atoms with Gasteiger partial charge in [-0.05, 0) is 49.5 Å². The minimum Gasteiger partial charge on any atom is -0.388 e. The molecule has 1 aliphatic carbocycles. The zero-order chi connectivity index (χ0) is 14.0. The molecule has 0 saturated heterocycles. The average molecular weight is 283 g/mol. The van der Waals surface area contributed by atoms with Gasteiger partial charge in [0.2, 0.25) is 0 Å². The summed E-state index contributed by atoms with van der Waals surface area (Å²) in [7, 11) is 0. The lowest BCUT2D eigenvalue weighted by molar-refractivity contribution is 0.0671. The number of hydrogen-bond acceptors (Lipinski definition) is 3. The molecule has 1 aromatic heterocycles. The van der Waals surface area contributed by atoms with Crippen LogP contribution in [0.2, 0.25) is 5.02 Å². The maximum atomic E-state index is 10.5. The summed E-state index contributed by atoms with van der Waals surface area (Å²) in [4.78, 5) is 4.02. The Morgan fingerprint density at radius 2 is 1.84 bits per heavy atom. The van der Waals surface area contributed by atoms with Crippen LogP contribution in [-0.4, -0.2) is 10.1 Å². The summed E-state index contributed by atoms with van der Waals surface area (Å²) in [6.45, 7) is 4.56. The Balaban J connectivity index is 2.05. The maximum Gasteiger partial charge on any atom is 0.129 e. The summed E-state index contributed by atoms with van der Waals surface area (Å²) in [6, 6.07) is 1.74. The average Bonchev–Trinajstić information content (AvgIpc) is 2.41. The van der Waals surface area contributed by atoms with Crippen LogP contribution in [0, 0.1) is 17.8 Å². The fourth-order valence-corrected chi connectivity index (χ4v) is 3.25. The Labute approximate surface area is 120 Å². The Kier molecular flexibility index (Phi) is 4.69. The van der Waals surface area contributed by atoms with E-state index in [2.05, 4.69) is 18.8 Å². The number of aliphatic hydroxyl groups excluding tert-OH is 1. The van der Waals surface area contributed by atoms with Crippen LogP contribution in [-0.2, 0) is 0 Å². The molecule has 1 aromatic rings. The van der Waals surface area contributed by atoms with Gasteiger partial charge in [0.25, 0.3) is 0 Å². The van der Waals surface area contributed by atoms with Gasteiger partial charge in [0.1, 0.15) is 5.82 Å². The van der Waals surface area contributed by atoms with Crippen molar-refractivity contribution in [1.82, 2.24) is 4.98 Å². The third kappa shape index (κ3) is 3.40. The number of halogens is 1. The van der Waals surface area contributed by atoms with Crippen molar-refractivity contribution < 1.29 is 5.11 Å². The van der Waals surface area contributed by atoms with E-state index in [-0.39, 0.29) is 5.92 Å². The van der Waals surface area contributed by atoms with E-state index in [0.29, 0.717) is 16.4 Å². The molecule has 2 rings (SSSR count). The molecule has 0 amide bonds. The summed E-state index contributed by atoms with van der Waals surface area (Å²) in [5, 5.41) is 11.0. The van der Waals surface area contributed by atoms with Crippen molar-refractivity contribution in [3.8, 4) is 0 Å². The molecule has 1 atom stereocenters. The molecular formula is C15H23ClN2O. The monoisotopic (exact) mass is 282 g/mol. The van der Waals surface area contributed by atoms with Crippen LogP contribution < -0.4 is 5.73 Å². The van der Waals surface area contributed by atoms with Crippen LogP contribution >= 0.6 is 11.6 Å². The molecule has 0 aliphatic heterocycles. The highest BCUT2D eigenvalue weighted by atomic mass is 35.5. The fraction of sp³-hybridized carbons (Fsp3) is 0.667. The molecule has 3 N–H and O–H groups in total. The first-order valence-corrected chi connectivity index (χ1v) is 7.45. The number of rotatable bonds is 3. The lowest BCUT2D eigenvalue weighted by Crippen LogP contribution is -2.23. The highest BCUT2D eigenvalue weighted by Gasteiger charge is 2.29. The zero-order valence-corrected chi connectivity index (χ0v) is 12.4. The molecule has 106 valence electrons. The predicted octanol–water partition coefficient (Wildman–Crippen LogP) is 3.81. The van der Waals surface area contributed by atoms with Crippen LogP contribution in [0.25, 0.3) is 0 Å². The SMILES string of the molecule is CC(C)C1CCC(C(O)c2cc(Cl)cnc2N)CC1. The number of pyridine rings is 1. The van der Waals surface area contributed by atoms with Gasteiger partial charge in [-0.25, -0.2) is 4.98 Å². The van der Waals surface area contributed by atoms with Gasteiger partial charge in [-0.15, -0.1) is 0 Å². The molecular weight excluding hydrogens is 260 g/mol. The second-order valence-corrected chi connectivity index (χ2v) is 6.43. The summed E-state index contributed by atoms with van der Waals surface area (Å²) in [6.07, 6.45) is 5.45. The molecule has 0 aromatic carbocycles. The van der Waals surface area contributed by atoms with E-state index in [0.717, 1.165) is 24.7 Å². The summed E-state index contributed by atoms with van der Waals surface area (Å²) in [5.74, 6) is 2.19. The number of aliphatic hydroxyl groups is 1. The second kappa shape index (κ2) is 6.10. The molecule has 3 nitrogen and oxygen atoms in total. The lowest BCUT2D eigenvalue weighted by atomic mass is 9.74. The Morgan fingerprint density at radius 3 is 2.42 bits per heavy atom. The smallest absolute Gasteiger partial charge is 0.129 e. The number of hydrogen-bond donors (Lipinski definition) is 2. The topological polar surface area (TPSA) is 59.1 Å². The molecule has 1 fully saturated rings. The summed E-state index contributed by atoms with van der Waals surface area (Å²) < 4.78 is 0. The van der Waals surface area contributed by atoms with E-state index < -0.39 is 6.10 Å². The zero-order valence-electron chi connectivity index (χ0n) is 11.6. The molecule has 4 heteroatoms. The predicted molar refractivity (Wildman–Crippen MR) is 78.9 cm³/mol. The Bertz CT molecular complexity index is 428. The van der Waals surface area contributed by atoms with E-state index in [1.165, 1.54) is 19.0 Å². The van der Waals surface area contributed by atoms with Crippen molar-refractivity contribution in [3.05, 3.63) is 22.8 Å². The van der Waals surface area contributed by atoms with Gasteiger partial charge in [-0.3, -0.25) is 0 Å². The molecule has 0 radical (unpaired) electrons. The van der Waals surface area contributed by atoms with Gasteiger partial charge >= 0.3 is 0 Å². The quantitative estimate of drug-likeness (QED) is 0.886. The Morgan fingerprint density at radius 1 is 1.26 bits per heavy atom. The van der Waals surface area contributed by atoms with Gasteiger partial charge in [-0.1, -0.05) is 25.4 Å². The standard InChI is InChI=1S/C15H23ClN2O/c1-9(2)10-3-5-11(6-4-10)14(19)13-7-12(16)8-18-15(13)17/h7-11,14,19H,3-6H2,1-2H3,(H2,17,18). The first kappa shape index (κ1) is 14.6. The summed E-state index contributed by atoms with van der Waals surface area (Å²) in [5.41, 5.74) is 6.52. The molecule has 0 spiro atoms. The number of nitrogens with zero attached hydrogens (tertiary/aromatic N) is 1. The molecule has 1 unspecified atom stereocenters.